The van der Waals surface area contributed by atoms with Gasteiger partial charge < -0.3 is 10.2 Å². The summed E-state index contributed by atoms with van der Waals surface area (Å²) in [5.41, 5.74) is 1.80. The molecule has 0 atom stereocenters. The van der Waals surface area contributed by atoms with Crippen molar-refractivity contribution < 1.29 is 4.79 Å². The first-order valence-electron chi connectivity index (χ1n) is 7.25. The highest BCUT2D eigenvalue weighted by molar-refractivity contribution is 5.95. The number of benzene rings is 1. The van der Waals surface area contributed by atoms with Gasteiger partial charge in [0.15, 0.2) is 0 Å². The van der Waals surface area contributed by atoms with Crippen LogP contribution in [0, 0.1) is 6.92 Å². The molecular formula is C16H26N2O. The van der Waals surface area contributed by atoms with Gasteiger partial charge in [-0.1, -0.05) is 38.5 Å². The number of aryl methyl sites for hydroxylation is 1. The smallest absolute Gasteiger partial charge is 0.251 e. The van der Waals surface area contributed by atoms with Crippen LogP contribution in [0.25, 0.3) is 0 Å². The summed E-state index contributed by atoms with van der Waals surface area (Å²) >= 11 is 0. The Morgan fingerprint density at radius 2 is 1.95 bits per heavy atom. The number of nitrogens with one attached hydrogen (secondary N) is 1. The third-order valence-electron chi connectivity index (χ3n) is 3.38. The average Bonchev–Trinajstić information content (AvgIpc) is 2.42. The molecule has 1 amide bonds. The number of carbonyl (C=O) groups excluding carboxylic acids is 1. The number of nitrogens with zero attached hydrogens (tertiary/aromatic N) is 1. The van der Waals surface area contributed by atoms with Crippen molar-refractivity contribution in [3.63, 3.8) is 0 Å². The van der Waals surface area contributed by atoms with Gasteiger partial charge >= 0.3 is 0 Å². The number of hydrogen-bond acceptors (Lipinski definition) is 2. The molecule has 0 spiro atoms. The van der Waals surface area contributed by atoms with Crippen LogP contribution in [0.15, 0.2) is 24.3 Å². The minimum atomic E-state index is 0.0321. The zero-order chi connectivity index (χ0) is 14.1. The van der Waals surface area contributed by atoms with E-state index in [-0.39, 0.29) is 5.91 Å². The quantitative estimate of drug-likeness (QED) is 0.781. The van der Waals surface area contributed by atoms with Crippen LogP contribution in [-0.4, -0.2) is 37.0 Å². The molecule has 1 N–H and O–H groups in total. The lowest BCUT2D eigenvalue weighted by atomic mass is 10.1. The second-order valence-electron chi connectivity index (χ2n) is 4.86. The summed E-state index contributed by atoms with van der Waals surface area (Å²) in [4.78, 5) is 14.4. The molecule has 1 aromatic carbocycles. The number of likely N-dealkylation sites (N-methyl/N-ethyl adjacent to an activating group) is 1. The van der Waals surface area contributed by atoms with Crippen molar-refractivity contribution in [3.05, 3.63) is 35.4 Å². The SMILES string of the molecule is CCCCN(CC)CCNC(=O)c1ccccc1C. The fourth-order valence-corrected chi connectivity index (χ4v) is 2.06. The predicted molar refractivity (Wildman–Crippen MR) is 80.5 cm³/mol. The molecule has 0 aliphatic carbocycles. The van der Waals surface area contributed by atoms with Gasteiger partial charge in [0, 0.05) is 18.7 Å². The van der Waals surface area contributed by atoms with Crippen molar-refractivity contribution in [2.75, 3.05) is 26.2 Å². The van der Waals surface area contributed by atoms with Crippen LogP contribution in [-0.2, 0) is 0 Å². The Hall–Kier alpha value is -1.35. The third kappa shape index (κ3) is 5.43. The summed E-state index contributed by atoms with van der Waals surface area (Å²) in [6.45, 7) is 10.1. The zero-order valence-corrected chi connectivity index (χ0v) is 12.4. The Morgan fingerprint density at radius 3 is 2.58 bits per heavy atom. The van der Waals surface area contributed by atoms with Crippen molar-refractivity contribution in [1.82, 2.24) is 10.2 Å². The van der Waals surface area contributed by atoms with Crippen LogP contribution in [0.3, 0.4) is 0 Å². The lowest BCUT2D eigenvalue weighted by Crippen LogP contribution is -2.35. The molecule has 0 bridgehead atoms. The van der Waals surface area contributed by atoms with E-state index < -0.39 is 0 Å². The Labute approximate surface area is 117 Å². The maximum absolute atomic E-state index is 12.0. The normalized spacial score (nSPS) is 10.7. The third-order valence-corrected chi connectivity index (χ3v) is 3.38. The molecule has 0 aliphatic heterocycles. The Morgan fingerprint density at radius 1 is 1.21 bits per heavy atom. The molecular weight excluding hydrogens is 236 g/mol. The van der Waals surface area contributed by atoms with Gasteiger partial charge in [-0.25, -0.2) is 0 Å². The van der Waals surface area contributed by atoms with E-state index in [2.05, 4.69) is 24.1 Å². The summed E-state index contributed by atoms with van der Waals surface area (Å²) in [6.07, 6.45) is 2.44. The monoisotopic (exact) mass is 262 g/mol. The van der Waals surface area contributed by atoms with E-state index in [4.69, 9.17) is 0 Å². The number of amides is 1. The first-order valence-corrected chi connectivity index (χ1v) is 7.25. The number of rotatable bonds is 8. The van der Waals surface area contributed by atoms with Crippen LogP contribution in [0.4, 0.5) is 0 Å². The van der Waals surface area contributed by atoms with Crippen molar-refractivity contribution in [3.8, 4) is 0 Å². The fraction of sp³-hybridized carbons (Fsp3) is 0.562. The number of unbranched alkanes of at least 4 members (excludes halogenated alkanes) is 1. The molecule has 3 nitrogen and oxygen atoms in total. The maximum Gasteiger partial charge on any atom is 0.251 e. The van der Waals surface area contributed by atoms with E-state index in [0.717, 1.165) is 30.8 Å². The molecule has 0 fully saturated rings. The molecule has 0 unspecified atom stereocenters. The van der Waals surface area contributed by atoms with Crippen LogP contribution < -0.4 is 5.32 Å². The van der Waals surface area contributed by atoms with Crippen LogP contribution in [0.5, 0.6) is 0 Å². The van der Waals surface area contributed by atoms with E-state index in [0.29, 0.717) is 6.54 Å². The zero-order valence-electron chi connectivity index (χ0n) is 12.4. The highest BCUT2D eigenvalue weighted by Crippen LogP contribution is 2.06. The van der Waals surface area contributed by atoms with E-state index in [9.17, 15) is 4.79 Å². The summed E-state index contributed by atoms with van der Waals surface area (Å²) in [6, 6.07) is 7.70. The van der Waals surface area contributed by atoms with Gasteiger partial charge in [-0.05, 0) is 38.1 Å². The topological polar surface area (TPSA) is 32.3 Å². The van der Waals surface area contributed by atoms with Gasteiger partial charge in [0.05, 0.1) is 0 Å². The van der Waals surface area contributed by atoms with Crippen molar-refractivity contribution in [1.29, 1.82) is 0 Å². The highest BCUT2D eigenvalue weighted by Gasteiger charge is 2.08. The van der Waals surface area contributed by atoms with Gasteiger partial charge in [-0.2, -0.15) is 0 Å². The highest BCUT2D eigenvalue weighted by atomic mass is 16.1. The minimum Gasteiger partial charge on any atom is -0.351 e. The van der Waals surface area contributed by atoms with E-state index in [1.807, 2.05) is 31.2 Å². The van der Waals surface area contributed by atoms with Gasteiger partial charge in [-0.15, -0.1) is 0 Å². The van der Waals surface area contributed by atoms with Crippen molar-refractivity contribution >= 4 is 5.91 Å². The number of hydrogen-bond donors (Lipinski definition) is 1. The van der Waals surface area contributed by atoms with Gasteiger partial charge in [0.2, 0.25) is 0 Å². The standard InChI is InChI=1S/C16H26N2O/c1-4-6-12-18(5-2)13-11-17-16(19)15-10-8-7-9-14(15)3/h7-10H,4-6,11-13H2,1-3H3,(H,17,19). The molecule has 0 aliphatic rings. The minimum absolute atomic E-state index is 0.0321. The predicted octanol–water partition coefficient (Wildman–Crippen LogP) is 2.85. The molecule has 3 heteroatoms. The molecule has 0 saturated heterocycles. The second-order valence-corrected chi connectivity index (χ2v) is 4.86. The molecule has 0 saturated carbocycles. The lowest BCUT2D eigenvalue weighted by molar-refractivity contribution is 0.0948. The van der Waals surface area contributed by atoms with E-state index in [1.165, 1.54) is 12.8 Å². The first kappa shape index (κ1) is 15.7. The molecule has 19 heavy (non-hydrogen) atoms. The summed E-state index contributed by atoms with van der Waals surface area (Å²) < 4.78 is 0. The molecule has 0 radical (unpaired) electrons. The maximum atomic E-state index is 12.0. The first-order chi connectivity index (χ1) is 9.19. The molecule has 1 rings (SSSR count). The average molecular weight is 262 g/mol. The summed E-state index contributed by atoms with van der Waals surface area (Å²) in [5.74, 6) is 0.0321. The van der Waals surface area contributed by atoms with Crippen molar-refractivity contribution in [2.24, 2.45) is 0 Å². The van der Waals surface area contributed by atoms with Crippen molar-refractivity contribution in [2.45, 2.75) is 33.6 Å². The van der Waals surface area contributed by atoms with E-state index in [1.54, 1.807) is 0 Å². The summed E-state index contributed by atoms with van der Waals surface area (Å²) in [5, 5.41) is 3.00. The van der Waals surface area contributed by atoms with Crippen LogP contribution in [0.1, 0.15) is 42.6 Å². The van der Waals surface area contributed by atoms with E-state index >= 15 is 0 Å². The Kier molecular flexibility index (Phi) is 7.19. The molecule has 0 heterocycles. The Bertz CT molecular complexity index is 390. The van der Waals surface area contributed by atoms with Crippen LogP contribution >= 0.6 is 0 Å². The second kappa shape index (κ2) is 8.70. The summed E-state index contributed by atoms with van der Waals surface area (Å²) in [7, 11) is 0. The largest absolute Gasteiger partial charge is 0.351 e. The van der Waals surface area contributed by atoms with Gasteiger partial charge in [0.1, 0.15) is 0 Å². The van der Waals surface area contributed by atoms with Gasteiger partial charge in [-0.3, -0.25) is 4.79 Å². The molecule has 1 aromatic rings. The Balaban J connectivity index is 2.36. The van der Waals surface area contributed by atoms with Crippen LogP contribution in [0.2, 0.25) is 0 Å². The molecule has 0 aromatic heterocycles. The molecule has 106 valence electrons. The lowest BCUT2D eigenvalue weighted by Gasteiger charge is -2.20. The van der Waals surface area contributed by atoms with Gasteiger partial charge in [0.25, 0.3) is 5.91 Å². The fourth-order valence-electron chi connectivity index (χ4n) is 2.06. The number of carbonyl (C=O) groups is 1.